The molecule has 23 heavy (non-hydrogen) atoms. The molecule has 5 heteroatoms. The summed E-state index contributed by atoms with van der Waals surface area (Å²) in [5.74, 6) is 1.66. The first-order valence-corrected chi connectivity index (χ1v) is 8.28. The molecule has 3 rings (SSSR count). The quantitative estimate of drug-likeness (QED) is 0.821. The predicted octanol–water partition coefficient (Wildman–Crippen LogP) is 2.89. The van der Waals surface area contributed by atoms with Crippen LogP contribution in [-0.4, -0.2) is 40.7 Å². The molecule has 1 unspecified atom stereocenters. The first kappa shape index (κ1) is 16.0. The molecule has 1 aliphatic heterocycles. The second-order valence-electron chi connectivity index (χ2n) is 6.25. The van der Waals surface area contributed by atoms with Crippen LogP contribution in [-0.2, 0) is 13.5 Å². The normalized spacial score (nSPS) is 19.0. The molecule has 0 radical (unpaired) electrons. The maximum atomic E-state index is 13.6. The van der Waals surface area contributed by atoms with E-state index in [0.29, 0.717) is 18.3 Å². The summed E-state index contributed by atoms with van der Waals surface area (Å²) in [7, 11) is 2.03. The van der Waals surface area contributed by atoms with E-state index in [4.69, 9.17) is 4.74 Å². The van der Waals surface area contributed by atoms with Gasteiger partial charge >= 0.3 is 0 Å². The maximum Gasteiger partial charge on any atom is 0.165 e. The fourth-order valence-corrected chi connectivity index (χ4v) is 3.16. The van der Waals surface area contributed by atoms with Gasteiger partial charge in [-0.15, -0.1) is 0 Å². The maximum absolute atomic E-state index is 13.6. The average Bonchev–Trinajstić information content (AvgIpc) is 2.98. The Kier molecular flexibility index (Phi) is 5.28. The Balaban J connectivity index is 1.46. The molecule has 2 heterocycles. The van der Waals surface area contributed by atoms with Crippen LogP contribution in [0.2, 0.25) is 0 Å². The molecular weight excluding hydrogens is 293 g/mol. The molecule has 0 amide bonds. The van der Waals surface area contributed by atoms with Crippen LogP contribution in [0.3, 0.4) is 0 Å². The molecule has 0 aliphatic carbocycles. The fourth-order valence-electron chi connectivity index (χ4n) is 3.16. The number of nitrogens with zero attached hydrogens (tertiary/aromatic N) is 3. The highest BCUT2D eigenvalue weighted by molar-refractivity contribution is 5.23. The Morgan fingerprint density at radius 2 is 2.22 bits per heavy atom. The molecule has 4 nitrogen and oxygen atoms in total. The number of halogens is 1. The van der Waals surface area contributed by atoms with Gasteiger partial charge in [-0.1, -0.05) is 12.1 Å². The summed E-state index contributed by atoms with van der Waals surface area (Å²) >= 11 is 0. The lowest BCUT2D eigenvalue weighted by Gasteiger charge is -2.32. The molecule has 1 aliphatic rings. The number of aromatic nitrogens is 2. The highest BCUT2D eigenvalue weighted by atomic mass is 19.1. The number of para-hydroxylation sites is 1. The van der Waals surface area contributed by atoms with Crippen molar-refractivity contribution in [2.45, 2.75) is 19.3 Å². The van der Waals surface area contributed by atoms with Crippen molar-refractivity contribution in [3.8, 4) is 5.75 Å². The summed E-state index contributed by atoms with van der Waals surface area (Å²) in [4.78, 5) is 6.84. The van der Waals surface area contributed by atoms with Crippen molar-refractivity contribution in [3.05, 3.63) is 48.3 Å². The third-order valence-electron chi connectivity index (χ3n) is 4.49. The van der Waals surface area contributed by atoms with E-state index in [-0.39, 0.29) is 5.82 Å². The largest absolute Gasteiger partial charge is 0.490 e. The highest BCUT2D eigenvalue weighted by Gasteiger charge is 2.21. The Morgan fingerprint density at radius 1 is 1.35 bits per heavy atom. The van der Waals surface area contributed by atoms with Crippen LogP contribution in [0.5, 0.6) is 5.75 Å². The van der Waals surface area contributed by atoms with Gasteiger partial charge in [0.15, 0.2) is 11.6 Å². The Morgan fingerprint density at radius 3 is 3.00 bits per heavy atom. The van der Waals surface area contributed by atoms with Gasteiger partial charge in [-0.25, -0.2) is 9.37 Å². The highest BCUT2D eigenvalue weighted by Crippen LogP contribution is 2.20. The van der Waals surface area contributed by atoms with Crippen LogP contribution >= 0.6 is 0 Å². The number of hydrogen-bond donors (Lipinski definition) is 0. The topological polar surface area (TPSA) is 30.3 Å². The molecule has 1 saturated heterocycles. The molecule has 2 aromatic rings. The van der Waals surface area contributed by atoms with E-state index in [0.717, 1.165) is 38.3 Å². The van der Waals surface area contributed by atoms with Crippen molar-refractivity contribution in [1.82, 2.24) is 14.5 Å². The zero-order chi connectivity index (χ0) is 16.1. The van der Waals surface area contributed by atoms with Gasteiger partial charge in [0.2, 0.25) is 0 Å². The summed E-state index contributed by atoms with van der Waals surface area (Å²) in [6, 6.07) is 6.62. The first-order chi connectivity index (χ1) is 11.2. The second kappa shape index (κ2) is 7.59. The van der Waals surface area contributed by atoms with Crippen LogP contribution in [0.1, 0.15) is 18.7 Å². The standard InChI is InChI=1S/C18H24FN3O/c1-21-12-9-20-18(21)8-11-22-10-4-5-15(13-22)14-23-17-7-3-2-6-16(17)19/h2-3,6-7,9,12,15H,4-5,8,10-11,13-14H2,1H3. The number of hydrogen-bond acceptors (Lipinski definition) is 3. The minimum absolute atomic E-state index is 0.282. The first-order valence-electron chi connectivity index (χ1n) is 8.28. The van der Waals surface area contributed by atoms with E-state index in [9.17, 15) is 4.39 Å². The monoisotopic (exact) mass is 317 g/mol. The van der Waals surface area contributed by atoms with Crippen molar-refractivity contribution in [1.29, 1.82) is 0 Å². The van der Waals surface area contributed by atoms with Gasteiger partial charge in [-0.05, 0) is 31.5 Å². The van der Waals surface area contributed by atoms with E-state index in [1.54, 1.807) is 18.2 Å². The number of rotatable bonds is 6. The Bertz CT molecular complexity index is 628. The number of likely N-dealkylation sites (tertiary alicyclic amines) is 1. The average molecular weight is 317 g/mol. The van der Waals surface area contributed by atoms with Crippen LogP contribution in [0.25, 0.3) is 0 Å². The van der Waals surface area contributed by atoms with Gasteiger partial charge in [-0.2, -0.15) is 0 Å². The van der Waals surface area contributed by atoms with Crippen molar-refractivity contribution in [2.75, 3.05) is 26.2 Å². The van der Waals surface area contributed by atoms with E-state index >= 15 is 0 Å². The van der Waals surface area contributed by atoms with Crippen molar-refractivity contribution < 1.29 is 9.13 Å². The fraction of sp³-hybridized carbons (Fsp3) is 0.500. The Labute approximate surface area is 136 Å². The van der Waals surface area contributed by atoms with Crippen molar-refractivity contribution in [3.63, 3.8) is 0 Å². The van der Waals surface area contributed by atoms with Crippen LogP contribution in [0, 0.1) is 11.7 Å². The zero-order valence-electron chi connectivity index (χ0n) is 13.6. The second-order valence-corrected chi connectivity index (χ2v) is 6.25. The SMILES string of the molecule is Cn1ccnc1CCN1CCCC(COc2ccccc2F)C1. The van der Waals surface area contributed by atoms with E-state index in [1.165, 1.54) is 12.5 Å². The van der Waals surface area contributed by atoms with Gasteiger partial charge in [0.1, 0.15) is 5.82 Å². The summed E-state index contributed by atoms with van der Waals surface area (Å²) in [6.07, 6.45) is 7.11. The minimum atomic E-state index is -0.282. The Hall–Kier alpha value is -1.88. The van der Waals surface area contributed by atoms with Gasteiger partial charge < -0.3 is 14.2 Å². The van der Waals surface area contributed by atoms with Crippen molar-refractivity contribution in [2.24, 2.45) is 13.0 Å². The van der Waals surface area contributed by atoms with Crippen LogP contribution in [0.15, 0.2) is 36.7 Å². The van der Waals surface area contributed by atoms with E-state index < -0.39 is 0 Å². The molecule has 0 spiro atoms. The summed E-state index contributed by atoms with van der Waals surface area (Å²) in [6.45, 7) is 3.74. The van der Waals surface area contributed by atoms with Gasteiger partial charge in [0.25, 0.3) is 0 Å². The number of aryl methyl sites for hydroxylation is 1. The number of imidazole rings is 1. The molecule has 1 aromatic heterocycles. The minimum Gasteiger partial charge on any atom is -0.490 e. The van der Waals surface area contributed by atoms with E-state index in [1.807, 2.05) is 19.4 Å². The lowest BCUT2D eigenvalue weighted by Crippen LogP contribution is -2.39. The third kappa shape index (κ3) is 4.32. The molecule has 1 fully saturated rings. The summed E-state index contributed by atoms with van der Waals surface area (Å²) in [5.41, 5.74) is 0. The lowest BCUT2D eigenvalue weighted by atomic mass is 9.99. The smallest absolute Gasteiger partial charge is 0.165 e. The van der Waals surface area contributed by atoms with Crippen LogP contribution in [0.4, 0.5) is 4.39 Å². The molecular formula is C18H24FN3O. The van der Waals surface area contributed by atoms with Gasteiger partial charge in [0.05, 0.1) is 6.61 Å². The van der Waals surface area contributed by atoms with E-state index in [2.05, 4.69) is 14.5 Å². The molecule has 0 bridgehead atoms. The third-order valence-corrected chi connectivity index (χ3v) is 4.49. The molecule has 1 atom stereocenters. The summed E-state index contributed by atoms with van der Waals surface area (Å²) < 4.78 is 21.3. The number of piperidine rings is 1. The van der Waals surface area contributed by atoms with Crippen molar-refractivity contribution >= 4 is 0 Å². The predicted molar refractivity (Wildman–Crippen MR) is 88.0 cm³/mol. The number of ether oxygens (including phenoxy) is 1. The molecule has 0 saturated carbocycles. The molecule has 1 aromatic carbocycles. The van der Waals surface area contributed by atoms with Gasteiger partial charge in [-0.3, -0.25) is 0 Å². The van der Waals surface area contributed by atoms with Crippen LogP contribution < -0.4 is 4.74 Å². The summed E-state index contributed by atoms with van der Waals surface area (Å²) in [5, 5.41) is 0. The number of benzene rings is 1. The zero-order valence-corrected chi connectivity index (χ0v) is 13.6. The molecule has 0 N–H and O–H groups in total. The lowest BCUT2D eigenvalue weighted by molar-refractivity contribution is 0.128. The molecule has 124 valence electrons. The van der Waals surface area contributed by atoms with Gasteiger partial charge in [0, 0.05) is 44.9 Å².